The average Bonchev–Trinajstić information content (AvgIpc) is 2.86. The van der Waals surface area contributed by atoms with Crippen molar-refractivity contribution in [2.24, 2.45) is 5.84 Å². The van der Waals surface area contributed by atoms with Crippen molar-refractivity contribution in [2.75, 3.05) is 16.9 Å². The molecular formula is C11H17N7. The van der Waals surface area contributed by atoms with Crippen LogP contribution in [-0.2, 0) is 0 Å². The molecule has 0 aliphatic carbocycles. The fourth-order valence-electron chi connectivity index (χ4n) is 2.52. The van der Waals surface area contributed by atoms with Gasteiger partial charge in [-0.15, -0.1) is 0 Å². The summed E-state index contributed by atoms with van der Waals surface area (Å²) in [6.07, 6.45) is 5.43. The van der Waals surface area contributed by atoms with Gasteiger partial charge in [-0.3, -0.25) is 10.5 Å². The van der Waals surface area contributed by atoms with E-state index >= 15 is 0 Å². The Morgan fingerprint density at radius 3 is 3.11 bits per heavy atom. The summed E-state index contributed by atoms with van der Waals surface area (Å²) in [6.45, 7) is 3.24. The predicted molar refractivity (Wildman–Crippen MR) is 70.2 cm³/mol. The van der Waals surface area contributed by atoms with Crippen LogP contribution in [0.1, 0.15) is 26.2 Å². The van der Waals surface area contributed by atoms with E-state index in [2.05, 4.69) is 37.4 Å². The Kier molecular flexibility index (Phi) is 2.75. The summed E-state index contributed by atoms with van der Waals surface area (Å²) in [5, 5.41) is 7.85. The number of nitrogen functional groups attached to an aromatic ring is 1. The number of nitrogens with one attached hydrogen (secondary N) is 2. The molecule has 7 heteroatoms. The first-order valence-corrected chi connectivity index (χ1v) is 6.24. The average molecular weight is 247 g/mol. The van der Waals surface area contributed by atoms with Crippen LogP contribution in [-0.4, -0.2) is 32.8 Å². The minimum Gasteiger partial charge on any atom is -0.353 e. The first kappa shape index (κ1) is 11.2. The van der Waals surface area contributed by atoms with Gasteiger partial charge in [0.25, 0.3) is 0 Å². The quantitative estimate of drug-likeness (QED) is 0.541. The number of rotatable bonds is 2. The van der Waals surface area contributed by atoms with E-state index < -0.39 is 0 Å². The van der Waals surface area contributed by atoms with E-state index in [1.54, 1.807) is 6.20 Å². The highest BCUT2D eigenvalue weighted by atomic mass is 15.3. The highest BCUT2D eigenvalue weighted by Gasteiger charge is 2.23. The largest absolute Gasteiger partial charge is 0.353 e. The number of anilines is 2. The van der Waals surface area contributed by atoms with Crippen LogP contribution in [0.4, 0.5) is 11.8 Å². The maximum absolute atomic E-state index is 5.41. The summed E-state index contributed by atoms with van der Waals surface area (Å²) in [7, 11) is 0. The molecule has 18 heavy (non-hydrogen) atoms. The van der Waals surface area contributed by atoms with E-state index in [0.29, 0.717) is 17.6 Å². The van der Waals surface area contributed by atoms with Gasteiger partial charge >= 0.3 is 0 Å². The van der Waals surface area contributed by atoms with E-state index in [1.807, 2.05) is 0 Å². The van der Waals surface area contributed by atoms with Crippen LogP contribution in [0.5, 0.6) is 0 Å². The van der Waals surface area contributed by atoms with Crippen molar-refractivity contribution in [3.05, 3.63) is 6.20 Å². The van der Waals surface area contributed by atoms with Crippen molar-refractivity contribution in [1.82, 2.24) is 20.2 Å². The maximum atomic E-state index is 5.41. The molecular weight excluding hydrogens is 230 g/mol. The maximum Gasteiger partial charge on any atom is 0.241 e. The van der Waals surface area contributed by atoms with E-state index in [0.717, 1.165) is 17.7 Å². The molecule has 1 atom stereocenters. The number of nitrogens with zero attached hydrogens (tertiary/aromatic N) is 4. The molecule has 0 bridgehead atoms. The topological polar surface area (TPSA) is 95.8 Å². The molecule has 96 valence electrons. The van der Waals surface area contributed by atoms with E-state index in [1.165, 1.54) is 19.3 Å². The number of nitrogens with two attached hydrogens (primary N) is 1. The van der Waals surface area contributed by atoms with Gasteiger partial charge in [-0.2, -0.15) is 15.1 Å². The van der Waals surface area contributed by atoms with E-state index in [-0.39, 0.29) is 0 Å². The van der Waals surface area contributed by atoms with Crippen molar-refractivity contribution >= 4 is 22.8 Å². The molecule has 1 fully saturated rings. The summed E-state index contributed by atoms with van der Waals surface area (Å²) < 4.78 is 0. The molecule has 1 aliphatic rings. The van der Waals surface area contributed by atoms with Crippen molar-refractivity contribution in [3.63, 3.8) is 0 Å². The normalized spacial score (nSPS) is 20.3. The molecule has 2 aromatic heterocycles. The zero-order valence-electron chi connectivity index (χ0n) is 10.3. The standard InChI is InChI=1S/C11H17N7/c1-7-4-2-3-5-18(7)10-8-6-13-17-9(8)14-11(15-10)16-12/h6-7H,2-5,12H2,1H3,(H2,13,14,15,16,17). The number of hydrogen-bond donors (Lipinski definition) is 3. The first-order chi connectivity index (χ1) is 8.79. The minimum absolute atomic E-state index is 0.416. The van der Waals surface area contributed by atoms with Crippen molar-refractivity contribution < 1.29 is 0 Å². The van der Waals surface area contributed by atoms with Gasteiger partial charge in [0.15, 0.2) is 5.65 Å². The lowest BCUT2D eigenvalue weighted by molar-refractivity contribution is 0.482. The second-order valence-corrected chi connectivity index (χ2v) is 4.69. The Morgan fingerprint density at radius 2 is 2.33 bits per heavy atom. The molecule has 1 saturated heterocycles. The molecule has 3 rings (SSSR count). The van der Waals surface area contributed by atoms with Gasteiger partial charge in [0.05, 0.1) is 11.6 Å². The molecule has 0 amide bonds. The van der Waals surface area contributed by atoms with Crippen LogP contribution in [0.3, 0.4) is 0 Å². The minimum atomic E-state index is 0.416. The van der Waals surface area contributed by atoms with Crippen LogP contribution >= 0.6 is 0 Å². The van der Waals surface area contributed by atoms with Crippen LogP contribution in [0.25, 0.3) is 11.0 Å². The molecule has 0 spiro atoms. The smallest absolute Gasteiger partial charge is 0.241 e. The van der Waals surface area contributed by atoms with Gasteiger partial charge in [-0.05, 0) is 26.2 Å². The Bertz CT molecular complexity index is 549. The third-order valence-corrected chi connectivity index (χ3v) is 3.49. The lowest BCUT2D eigenvalue weighted by Crippen LogP contribution is -2.38. The predicted octanol–water partition coefficient (Wildman–Crippen LogP) is 1.02. The van der Waals surface area contributed by atoms with Crippen LogP contribution in [0, 0.1) is 0 Å². The van der Waals surface area contributed by atoms with Crippen molar-refractivity contribution in [3.8, 4) is 0 Å². The van der Waals surface area contributed by atoms with Gasteiger partial charge < -0.3 is 4.90 Å². The van der Waals surface area contributed by atoms with Gasteiger partial charge in [0, 0.05) is 12.6 Å². The van der Waals surface area contributed by atoms with E-state index in [4.69, 9.17) is 5.84 Å². The summed E-state index contributed by atoms with van der Waals surface area (Å²) >= 11 is 0. The van der Waals surface area contributed by atoms with Gasteiger partial charge in [0.2, 0.25) is 5.95 Å². The van der Waals surface area contributed by atoms with Crippen LogP contribution in [0.2, 0.25) is 0 Å². The second-order valence-electron chi connectivity index (χ2n) is 4.69. The van der Waals surface area contributed by atoms with Crippen molar-refractivity contribution in [1.29, 1.82) is 0 Å². The monoisotopic (exact) mass is 247 g/mol. The third kappa shape index (κ3) is 1.76. The van der Waals surface area contributed by atoms with Gasteiger partial charge in [-0.1, -0.05) is 0 Å². The first-order valence-electron chi connectivity index (χ1n) is 6.24. The lowest BCUT2D eigenvalue weighted by atomic mass is 10.0. The number of piperidine rings is 1. The Balaban J connectivity index is 2.10. The van der Waals surface area contributed by atoms with Crippen LogP contribution in [0.15, 0.2) is 6.20 Å². The summed E-state index contributed by atoms with van der Waals surface area (Å²) in [4.78, 5) is 11.0. The zero-order valence-corrected chi connectivity index (χ0v) is 10.3. The Labute approximate surface area is 105 Å². The van der Waals surface area contributed by atoms with Gasteiger partial charge in [0.1, 0.15) is 5.82 Å². The fraction of sp³-hybridized carbons (Fsp3) is 0.545. The molecule has 4 N–H and O–H groups in total. The molecule has 0 saturated carbocycles. The highest BCUT2D eigenvalue weighted by Crippen LogP contribution is 2.29. The number of hydrogen-bond acceptors (Lipinski definition) is 6. The SMILES string of the molecule is CC1CCCCN1c1nc(NN)nc2[nH]ncc12. The number of hydrazine groups is 1. The number of H-pyrrole nitrogens is 1. The van der Waals surface area contributed by atoms with Crippen molar-refractivity contribution in [2.45, 2.75) is 32.2 Å². The summed E-state index contributed by atoms with van der Waals surface area (Å²) in [6, 6.07) is 0.484. The zero-order chi connectivity index (χ0) is 12.5. The molecule has 0 radical (unpaired) electrons. The summed E-state index contributed by atoms with van der Waals surface area (Å²) in [5.41, 5.74) is 3.22. The van der Waals surface area contributed by atoms with E-state index in [9.17, 15) is 0 Å². The lowest BCUT2D eigenvalue weighted by Gasteiger charge is -2.34. The number of aromatic nitrogens is 4. The molecule has 7 nitrogen and oxygen atoms in total. The van der Waals surface area contributed by atoms with Gasteiger partial charge in [-0.25, -0.2) is 5.84 Å². The Hall–Kier alpha value is -1.89. The third-order valence-electron chi connectivity index (χ3n) is 3.49. The highest BCUT2D eigenvalue weighted by molar-refractivity contribution is 5.87. The second kappa shape index (κ2) is 4.41. The molecule has 2 aromatic rings. The Morgan fingerprint density at radius 1 is 1.44 bits per heavy atom. The fourth-order valence-corrected chi connectivity index (χ4v) is 2.52. The molecule has 0 aromatic carbocycles. The molecule has 1 aliphatic heterocycles. The number of aromatic amines is 1. The summed E-state index contributed by atoms with van der Waals surface area (Å²) in [5.74, 6) is 6.74. The van der Waals surface area contributed by atoms with Crippen LogP contribution < -0.4 is 16.2 Å². The molecule has 1 unspecified atom stereocenters. The molecule has 3 heterocycles. The number of fused-ring (bicyclic) bond motifs is 1.